The lowest BCUT2D eigenvalue weighted by molar-refractivity contribution is 0.371. The van der Waals surface area contributed by atoms with Crippen LogP contribution in [0, 0.1) is 0 Å². The first-order valence-electron chi connectivity index (χ1n) is 7.79. The Hall–Kier alpha value is -3.14. The minimum atomic E-state index is -0.0479. The Morgan fingerprint density at radius 2 is 1.32 bits per heavy atom. The molecule has 0 bridgehead atoms. The van der Waals surface area contributed by atoms with Gasteiger partial charge in [-0.3, -0.25) is 0 Å². The molecule has 2 rings (SSSR count). The number of phenols is 2. The van der Waals surface area contributed by atoms with Gasteiger partial charge in [0.15, 0.2) is 23.0 Å². The molecule has 130 valence electrons. The summed E-state index contributed by atoms with van der Waals surface area (Å²) in [5, 5.41) is 21.1. The lowest BCUT2D eigenvalue weighted by atomic mass is 9.97. The summed E-state index contributed by atoms with van der Waals surface area (Å²) in [7, 11) is 2.97. The van der Waals surface area contributed by atoms with Crippen LogP contribution in [0.5, 0.6) is 23.0 Å². The first kappa shape index (κ1) is 18.2. The molecule has 2 aromatic rings. The molecule has 0 aromatic heterocycles. The van der Waals surface area contributed by atoms with E-state index in [9.17, 15) is 10.2 Å². The van der Waals surface area contributed by atoms with Crippen molar-refractivity contribution in [2.24, 2.45) is 0 Å². The van der Waals surface area contributed by atoms with Crippen molar-refractivity contribution in [3.63, 3.8) is 0 Å². The van der Waals surface area contributed by atoms with E-state index in [-0.39, 0.29) is 11.5 Å². The van der Waals surface area contributed by atoms with E-state index in [2.05, 4.69) is 6.58 Å². The summed E-state index contributed by atoms with van der Waals surface area (Å²) in [6, 6.07) is 7.00. The lowest BCUT2D eigenvalue weighted by Crippen LogP contribution is -1.92. The number of methoxy groups -OCH3 is 2. The van der Waals surface area contributed by atoms with Gasteiger partial charge in [-0.15, -0.1) is 0 Å². The van der Waals surface area contributed by atoms with Gasteiger partial charge < -0.3 is 19.7 Å². The van der Waals surface area contributed by atoms with Gasteiger partial charge in [0, 0.05) is 11.1 Å². The topological polar surface area (TPSA) is 58.9 Å². The number of hydrogen-bond donors (Lipinski definition) is 2. The van der Waals surface area contributed by atoms with Crippen molar-refractivity contribution in [1.29, 1.82) is 0 Å². The van der Waals surface area contributed by atoms with Crippen LogP contribution in [-0.2, 0) is 0 Å². The van der Waals surface area contributed by atoms with Gasteiger partial charge in [-0.05, 0) is 42.3 Å². The van der Waals surface area contributed by atoms with E-state index < -0.39 is 0 Å². The van der Waals surface area contributed by atoms with E-state index in [1.54, 1.807) is 36.4 Å². The van der Waals surface area contributed by atoms with Crippen LogP contribution in [-0.4, -0.2) is 24.4 Å². The van der Waals surface area contributed by atoms with Crippen molar-refractivity contribution in [1.82, 2.24) is 0 Å². The second-order valence-electron chi connectivity index (χ2n) is 5.33. The molecular formula is C21H22O4. The number of rotatable bonds is 6. The van der Waals surface area contributed by atoms with Crippen molar-refractivity contribution in [2.75, 3.05) is 14.2 Å². The number of hydrogen-bond acceptors (Lipinski definition) is 4. The first-order chi connectivity index (χ1) is 12.0. The van der Waals surface area contributed by atoms with Crippen molar-refractivity contribution in [3.05, 3.63) is 60.2 Å². The summed E-state index contributed by atoms with van der Waals surface area (Å²) in [4.78, 5) is 0. The normalized spacial score (nSPS) is 11.2. The van der Waals surface area contributed by atoms with Crippen LogP contribution in [0.1, 0.15) is 18.1 Å². The number of aromatic hydroxyl groups is 2. The van der Waals surface area contributed by atoms with Gasteiger partial charge in [-0.2, -0.15) is 0 Å². The van der Waals surface area contributed by atoms with Gasteiger partial charge in [-0.25, -0.2) is 0 Å². The van der Waals surface area contributed by atoms with Crippen LogP contribution in [0.15, 0.2) is 49.1 Å². The van der Waals surface area contributed by atoms with Crippen LogP contribution in [0.4, 0.5) is 0 Å². The highest BCUT2D eigenvalue weighted by atomic mass is 16.5. The second-order valence-corrected chi connectivity index (χ2v) is 5.33. The Kier molecular flexibility index (Phi) is 5.90. The SMILES string of the molecule is C=CC=Cc1cc(OC)c(O)c(-c2cc(C=CC)cc(OC)c2O)c1. The molecule has 0 atom stereocenters. The molecule has 0 spiro atoms. The van der Waals surface area contributed by atoms with E-state index in [1.807, 2.05) is 25.2 Å². The summed E-state index contributed by atoms with van der Waals surface area (Å²) in [5.74, 6) is 0.554. The Morgan fingerprint density at radius 1 is 0.840 bits per heavy atom. The summed E-state index contributed by atoms with van der Waals surface area (Å²) >= 11 is 0. The Morgan fingerprint density at radius 3 is 1.72 bits per heavy atom. The molecule has 0 saturated carbocycles. The Labute approximate surface area is 148 Å². The zero-order valence-electron chi connectivity index (χ0n) is 14.6. The molecule has 0 fully saturated rings. The first-order valence-corrected chi connectivity index (χ1v) is 7.79. The molecule has 2 aromatic carbocycles. The van der Waals surface area contributed by atoms with Gasteiger partial charge in [0.25, 0.3) is 0 Å². The molecule has 0 aliphatic rings. The molecule has 0 aliphatic heterocycles. The van der Waals surface area contributed by atoms with E-state index >= 15 is 0 Å². The highest BCUT2D eigenvalue weighted by molar-refractivity contribution is 5.83. The Bertz CT molecular complexity index is 832. The zero-order valence-corrected chi connectivity index (χ0v) is 14.6. The maximum Gasteiger partial charge on any atom is 0.165 e. The van der Waals surface area contributed by atoms with Gasteiger partial charge in [0.2, 0.25) is 0 Å². The average molecular weight is 338 g/mol. The van der Waals surface area contributed by atoms with Gasteiger partial charge in [0.05, 0.1) is 14.2 Å². The molecule has 0 saturated heterocycles. The lowest BCUT2D eigenvalue weighted by Gasteiger charge is -2.15. The molecule has 0 radical (unpaired) electrons. The molecular weight excluding hydrogens is 316 g/mol. The summed E-state index contributed by atoms with van der Waals surface area (Å²) in [6.45, 7) is 5.56. The summed E-state index contributed by atoms with van der Waals surface area (Å²) in [5.41, 5.74) is 2.55. The largest absolute Gasteiger partial charge is 0.504 e. The highest BCUT2D eigenvalue weighted by Crippen LogP contribution is 2.45. The molecule has 0 amide bonds. The average Bonchev–Trinajstić information content (AvgIpc) is 2.62. The van der Waals surface area contributed by atoms with E-state index in [1.165, 1.54) is 14.2 Å². The van der Waals surface area contributed by atoms with Crippen molar-refractivity contribution in [2.45, 2.75) is 6.92 Å². The Balaban J connectivity index is 2.77. The van der Waals surface area contributed by atoms with E-state index in [0.29, 0.717) is 22.6 Å². The second kappa shape index (κ2) is 8.11. The quantitative estimate of drug-likeness (QED) is 0.727. The standard InChI is InChI=1S/C21H22O4/c1-5-7-9-15-11-17(21(23)19(13-15)25-4)16-10-14(8-6-2)12-18(24-3)20(16)22/h5-13,22-23H,1H2,2-4H3. The van der Waals surface area contributed by atoms with Crippen LogP contribution in [0.2, 0.25) is 0 Å². The number of ether oxygens (including phenoxy) is 2. The maximum absolute atomic E-state index is 10.6. The van der Waals surface area contributed by atoms with Crippen molar-refractivity contribution >= 4 is 12.2 Å². The van der Waals surface area contributed by atoms with Crippen molar-refractivity contribution < 1.29 is 19.7 Å². The van der Waals surface area contributed by atoms with E-state index in [0.717, 1.165) is 11.1 Å². The molecule has 2 N–H and O–H groups in total. The minimum Gasteiger partial charge on any atom is -0.504 e. The number of phenolic OH excluding ortho intramolecular Hbond substituents is 2. The monoisotopic (exact) mass is 338 g/mol. The molecule has 0 unspecified atom stereocenters. The summed E-state index contributed by atoms with van der Waals surface area (Å²) < 4.78 is 10.5. The van der Waals surface area contributed by atoms with Crippen LogP contribution in [0.3, 0.4) is 0 Å². The third-order valence-corrected chi connectivity index (χ3v) is 3.71. The highest BCUT2D eigenvalue weighted by Gasteiger charge is 2.18. The molecule has 0 aliphatic carbocycles. The summed E-state index contributed by atoms with van der Waals surface area (Å²) in [6.07, 6.45) is 9.06. The van der Waals surface area contributed by atoms with Crippen LogP contribution in [0.25, 0.3) is 23.3 Å². The third kappa shape index (κ3) is 3.86. The third-order valence-electron chi connectivity index (χ3n) is 3.71. The fourth-order valence-corrected chi connectivity index (χ4v) is 2.54. The van der Waals surface area contributed by atoms with Gasteiger partial charge in [0.1, 0.15) is 0 Å². The minimum absolute atomic E-state index is 0.0436. The molecule has 25 heavy (non-hydrogen) atoms. The predicted octanol–water partition coefficient (Wildman–Crippen LogP) is 5.01. The fourth-order valence-electron chi connectivity index (χ4n) is 2.54. The molecule has 4 nitrogen and oxygen atoms in total. The maximum atomic E-state index is 10.6. The van der Waals surface area contributed by atoms with Crippen molar-refractivity contribution in [3.8, 4) is 34.1 Å². The van der Waals surface area contributed by atoms with Gasteiger partial charge >= 0.3 is 0 Å². The fraction of sp³-hybridized carbons (Fsp3) is 0.143. The molecule has 4 heteroatoms. The van der Waals surface area contributed by atoms with Crippen LogP contribution < -0.4 is 9.47 Å². The predicted molar refractivity (Wildman–Crippen MR) is 102 cm³/mol. The van der Waals surface area contributed by atoms with Gasteiger partial charge in [-0.1, -0.05) is 37.0 Å². The number of allylic oxidation sites excluding steroid dienone is 3. The smallest absolute Gasteiger partial charge is 0.165 e. The zero-order chi connectivity index (χ0) is 18.4. The molecule has 0 heterocycles. The van der Waals surface area contributed by atoms with Crippen LogP contribution >= 0.6 is 0 Å². The van der Waals surface area contributed by atoms with E-state index in [4.69, 9.17) is 9.47 Å². The number of benzene rings is 2.